The Balaban J connectivity index is 1.68. The lowest BCUT2D eigenvalue weighted by molar-refractivity contribution is 0.0365. The number of ether oxygens (including phenoxy) is 3. The molecule has 7 heteroatoms. The minimum absolute atomic E-state index is 0.167. The zero-order valence-corrected chi connectivity index (χ0v) is 17.4. The molecule has 0 atom stereocenters. The number of hydrogen-bond acceptors (Lipinski definition) is 5. The molecule has 0 saturated carbocycles. The van der Waals surface area contributed by atoms with Crippen molar-refractivity contribution in [3.63, 3.8) is 0 Å². The Morgan fingerprint density at radius 2 is 1.93 bits per heavy atom. The molecular weight excluding hydrogens is 404 g/mol. The van der Waals surface area contributed by atoms with Gasteiger partial charge in [0.2, 0.25) is 6.79 Å². The maximum absolute atomic E-state index is 12.8. The second-order valence-electron chi connectivity index (χ2n) is 7.10. The molecule has 3 aromatic rings. The Bertz CT molecular complexity index is 1090. The molecule has 0 fully saturated rings. The molecule has 4 rings (SSSR count). The number of carbonyl (C=O) groups is 1. The maximum Gasteiger partial charge on any atom is 0.357 e. The van der Waals surface area contributed by atoms with Crippen molar-refractivity contribution < 1.29 is 19.0 Å². The number of aromatic nitrogens is 2. The van der Waals surface area contributed by atoms with E-state index in [0.717, 1.165) is 11.1 Å². The molecule has 154 valence electrons. The van der Waals surface area contributed by atoms with Crippen LogP contribution in [0.25, 0.3) is 12.2 Å². The van der Waals surface area contributed by atoms with E-state index in [1.165, 1.54) is 0 Å². The largest absolute Gasteiger partial charge is 0.458 e. The summed E-state index contributed by atoms with van der Waals surface area (Å²) in [5.41, 5.74) is 2.69. The van der Waals surface area contributed by atoms with Crippen LogP contribution in [0.4, 0.5) is 0 Å². The molecule has 0 radical (unpaired) electrons. The summed E-state index contributed by atoms with van der Waals surface area (Å²) in [6, 6.07) is 13.4. The van der Waals surface area contributed by atoms with E-state index in [-0.39, 0.29) is 12.9 Å². The average molecular weight is 425 g/mol. The van der Waals surface area contributed by atoms with Crippen LogP contribution < -0.4 is 9.47 Å². The van der Waals surface area contributed by atoms with E-state index in [2.05, 4.69) is 4.98 Å². The fourth-order valence-electron chi connectivity index (χ4n) is 3.13. The van der Waals surface area contributed by atoms with Crippen LogP contribution in [0.1, 0.15) is 41.2 Å². The second-order valence-corrected chi connectivity index (χ2v) is 7.51. The lowest BCUT2D eigenvalue weighted by atomic mass is 10.1. The van der Waals surface area contributed by atoms with Crippen LogP contribution in [0.2, 0.25) is 5.02 Å². The lowest BCUT2D eigenvalue weighted by Crippen LogP contribution is -2.17. The van der Waals surface area contributed by atoms with Crippen molar-refractivity contribution >= 4 is 29.7 Å². The number of halogens is 1. The molecule has 0 amide bonds. The normalized spacial score (nSPS) is 12.7. The monoisotopic (exact) mass is 424 g/mol. The van der Waals surface area contributed by atoms with Crippen molar-refractivity contribution in [2.75, 3.05) is 6.79 Å². The number of fused-ring (bicyclic) bond motifs is 1. The maximum atomic E-state index is 12.8. The number of nitrogens with zero attached hydrogens (tertiary/aromatic N) is 2. The molecule has 1 aliphatic rings. The summed E-state index contributed by atoms with van der Waals surface area (Å²) in [6.45, 7) is 4.13. The van der Waals surface area contributed by atoms with E-state index >= 15 is 0 Å². The van der Waals surface area contributed by atoms with E-state index < -0.39 is 5.97 Å². The molecule has 0 saturated heterocycles. The molecule has 0 bridgehead atoms. The highest BCUT2D eigenvalue weighted by atomic mass is 35.5. The lowest BCUT2D eigenvalue weighted by Gasteiger charge is -2.12. The minimum Gasteiger partial charge on any atom is -0.458 e. The van der Waals surface area contributed by atoms with Crippen LogP contribution in [0.15, 0.2) is 48.8 Å². The summed E-state index contributed by atoms with van der Waals surface area (Å²) < 4.78 is 18.0. The third kappa shape index (κ3) is 4.33. The van der Waals surface area contributed by atoms with Crippen molar-refractivity contribution in [3.05, 3.63) is 76.3 Å². The molecule has 30 heavy (non-hydrogen) atoms. The van der Waals surface area contributed by atoms with Crippen LogP contribution in [-0.2, 0) is 11.3 Å². The van der Waals surface area contributed by atoms with E-state index in [4.69, 9.17) is 25.8 Å². The van der Waals surface area contributed by atoms with Crippen molar-refractivity contribution in [2.24, 2.45) is 0 Å². The van der Waals surface area contributed by atoms with Crippen LogP contribution in [0, 0.1) is 0 Å². The highest BCUT2D eigenvalue weighted by Gasteiger charge is 2.22. The van der Waals surface area contributed by atoms with Crippen molar-refractivity contribution in [1.29, 1.82) is 0 Å². The summed E-state index contributed by atoms with van der Waals surface area (Å²) >= 11 is 6.42. The van der Waals surface area contributed by atoms with E-state index in [9.17, 15) is 4.79 Å². The number of benzene rings is 2. The molecule has 2 aromatic carbocycles. The van der Waals surface area contributed by atoms with Crippen LogP contribution in [0.3, 0.4) is 0 Å². The number of imidazole rings is 1. The number of esters is 1. The highest BCUT2D eigenvalue weighted by molar-refractivity contribution is 6.31. The summed E-state index contributed by atoms with van der Waals surface area (Å²) in [5, 5.41) is 0.525. The van der Waals surface area contributed by atoms with Crippen LogP contribution in [0.5, 0.6) is 11.5 Å². The topological polar surface area (TPSA) is 62.6 Å². The quantitative estimate of drug-likeness (QED) is 0.518. The molecule has 6 nitrogen and oxygen atoms in total. The van der Waals surface area contributed by atoms with Crippen molar-refractivity contribution in [1.82, 2.24) is 9.55 Å². The van der Waals surface area contributed by atoms with E-state index in [0.29, 0.717) is 34.5 Å². The Morgan fingerprint density at radius 1 is 1.20 bits per heavy atom. The molecule has 1 aliphatic heterocycles. The standard InChI is InChI=1S/C23H21ClN2O4/c1-15(2)30-23(27)22-19(9-8-16-6-4-3-5-7-16)25-13-26(22)12-17-10-20-21(11-18(17)24)29-14-28-20/h3-11,13,15H,12,14H2,1-2H3. The predicted molar refractivity (Wildman–Crippen MR) is 115 cm³/mol. The molecule has 0 unspecified atom stereocenters. The molecule has 2 heterocycles. The summed E-state index contributed by atoms with van der Waals surface area (Å²) in [5.74, 6) is 0.803. The Morgan fingerprint density at radius 3 is 2.67 bits per heavy atom. The summed E-state index contributed by atoms with van der Waals surface area (Å²) in [7, 11) is 0. The number of rotatable bonds is 6. The first kappa shape index (κ1) is 20.0. The number of hydrogen-bond donors (Lipinski definition) is 0. The third-order valence-corrected chi connectivity index (χ3v) is 4.87. The van der Waals surface area contributed by atoms with Gasteiger partial charge in [-0.15, -0.1) is 0 Å². The fourth-order valence-corrected chi connectivity index (χ4v) is 3.35. The zero-order chi connectivity index (χ0) is 21.1. The van der Waals surface area contributed by atoms with Gasteiger partial charge in [-0.1, -0.05) is 48.0 Å². The SMILES string of the molecule is CC(C)OC(=O)c1c(C=Cc2ccccc2)ncn1Cc1cc2c(cc1Cl)OCO2. The molecule has 0 spiro atoms. The van der Waals surface area contributed by atoms with Gasteiger partial charge in [-0.2, -0.15) is 0 Å². The van der Waals surface area contributed by atoms with Gasteiger partial charge in [-0.05, 0) is 37.1 Å². The fraction of sp³-hybridized carbons (Fsp3) is 0.217. The van der Waals surface area contributed by atoms with E-state index in [1.54, 1.807) is 17.0 Å². The van der Waals surface area contributed by atoms with Gasteiger partial charge < -0.3 is 18.8 Å². The Labute approximate surface area is 179 Å². The second kappa shape index (κ2) is 8.63. The highest BCUT2D eigenvalue weighted by Crippen LogP contribution is 2.37. The molecule has 0 aliphatic carbocycles. The number of carbonyl (C=O) groups excluding carboxylic acids is 1. The summed E-state index contributed by atoms with van der Waals surface area (Å²) in [6.07, 6.45) is 5.08. The Kier molecular flexibility index (Phi) is 5.77. The van der Waals surface area contributed by atoms with Gasteiger partial charge in [0.15, 0.2) is 17.2 Å². The smallest absolute Gasteiger partial charge is 0.357 e. The first-order valence-corrected chi connectivity index (χ1v) is 9.96. The minimum atomic E-state index is -0.438. The molecule has 1 aromatic heterocycles. The predicted octanol–water partition coefficient (Wildman–Crippen LogP) is 5.05. The van der Waals surface area contributed by atoms with Crippen LogP contribution in [-0.4, -0.2) is 28.4 Å². The van der Waals surface area contributed by atoms with Gasteiger partial charge in [0, 0.05) is 11.1 Å². The van der Waals surface area contributed by atoms with Crippen molar-refractivity contribution in [3.8, 4) is 11.5 Å². The van der Waals surface area contributed by atoms with Gasteiger partial charge in [-0.3, -0.25) is 0 Å². The third-order valence-electron chi connectivity index (χ3n) is 4.52. The first-order valence-electron chi connectivity index (χ1n) is 9.58. The summed E-state index contributed by atoms with van der Waals surface area (Å²) in [4.78, 5) is 17.3. The van der Waals surface area contributed by atoms with Gasteiger partial charge >= 0.3 is 5.97 Å². The van der Waals surface area contributed by atoms with Crippen LogP contribution >= 0.6 is 11.6 Å². The van der Waals surface area contributed by atoms with Gasteiger partial charge in [0.05, 0.1) is 24.7 Å². The molecule has 0 N–H and O–H groups in total. The van der Waals surface area contributed by atoms with Gasteiger partial charge in [0.1, 0.15) is 0 Å². The average Bonchev–Trinajstić information content (AvgIpc) is 3.33. The van der Waals surface area contributed by atoms with E-state index in [1.807, 2.05) is 62.4 Å². The molecular formula is C23H21ClN2O4. The first-order chi connectivity index (χ1) is 14.5. The van der Waals surface area contributed by atoms with Gasteiger partial charge in [-0.25, -0.2) is 9.78 Å². The Hall–Kier alpha value is -3.25. The zero-order valence-electron chi connectivity index (χ0n) is 16.7. The van der Waals surface area contributed by atoms with Gasteiger partial charge in [0.25, 0.3) is 0 Å². The van der Waals surface area contributed by atoms with Crippen molar-refractivity contribution in [2.45, 2.75) is 26.5 Å².